The Morgan fingerprint density at radius 1 is 1.71 bits per heavy atom. The number of ether oxygens (including phenoxy) is 1. The number of nitrogens with one attached hydrogen (secondary N) is 1. The van der Waals surface area contributed by atoms with Crippen molar-refractivity contribution in [1.29, 1.82) is 0 Å². The molecule has 1 atom stereocenters. The van der Waals surface area contributed by atoms with Crippen LogP contribution in [0.5, 0.6) is 0 Å². The van der Waals surface area contributed by atoms with E-state index in [-0.39, 0.29) is 17.4 Å². The number of carbonyl (C=O) groups is 1. The van der Waals surface area contributed by atoms with Crippen molar-refractivity contribution < 1.29 is 9.53 Å². The molecule has 6 nitrogen and oxygen atoms in total. The minimum atomic E-state index is -0.294. The molecule has 0 saturated carbocycles. The Bertz CT molecular complexity index is 460. The number of carbonyl (C=O) groups excluding carboxylic acids is 1. The highest BCUT2D eigenvalue weighted by atomic mass is 79.9. The average Bonchev–Trinajstić information content (AvgIpc) is 2.31. The zero-order chi connectivity index (χ0) is 13.0. The molecule has 0 amide bonds. The highest BCUT2D eigenvalue weighted by Crippen LogP contribution is 2.18. The largest absolute Gasteiger partial charge is 0.469 e. The fourth-order valence-electron chi connectivity index (χ4n) is 1.41. The van der Waals surface area contributed by atoms with Gasteiger partial charge in [-0.15, -0.1) is 0 Å². The van der Waals surface area contributed by atoms with Gasteiger partial charge >= 0.3 is 5.97 Å². The van der Waals surface area contributed by atoms with E-state index in [9.17, 15) is 9.59 Å². The molecule has 1 rings (SSSR count). The highest BCUT2D eigenvalue weighted by Gasteiger charge is 2.18. The molecule has 0 aliphatic rings. The molecule has 1 heterocycles. The number of nitrogens with zero attached hydrogens (tertiary/aromatic N) is 2. The van der Waals surface area contributed by atoms with Gasteiger partial charge in [-0.05, 0) is 15.9 Å². The van der Waals surface area contributed by atoms with Crippen LogP contribution in [0.25, 0.3) is 0 Å². The summed E-state index contributed by atoms with van der Waals surface area (Å²) >= 11 is 3.16. The van der Waals surface area contributed by atoms with Crippen molar-refractivity contribution in [1.82, 2.24) is 9.97 Å². The first-order valence-corrected chi connectivity index (χ1v) is 5.78. The molecule has 1 aromatic heterocycles. The van der Waals surface area contributed by atoms with Crippen LogP contribution in [0.2, 0.25) is 0 Å². The van der Waals surface area contributed by atoms with E-state index in [1.807, 2.05) is 0 Å². The van der Waals surface area contributed by atoms with Gasteiger partial charge in [0.1, 0.15) is 10.3 Å². The summed E-state index contributed by atoms with van der Waals surface area (Å²) in [6.07, 6.45) is 1.32. The maximum Gasteiger partial charge on any atom is 0.310 e. The minimum Gasteiger partial charge on any atom is -0.469 e. The van der Waals surface area contributed by atoms with Crippen LogP contribution in [-0.4, -0.2) is 36.6 Å². The zero-order valence-corrected chi connectivity index (χ0v) is 11.4. The summed E-state index contributed by atoms with van der Waals surface area (Å²) in [6, 6.07) is 0. The number of rotatable bonds is 4. The second-order valence-electron chi connectivity index (χ2n) is 3.67. The molecule has 0 aliphatic heterocycles. The molecule has 0 radical (unpaired) electrons. The van der Waals surface area contributed by atoms with Gasteiger partial charge in [0.25, 0.3) is 5.56 Å². The fraction of sp³-hybridized carbons (Fsp3) is 0.500. The third-order valence-electron chi connectivity index (χ3n) is 2.29. The first-order chi connectivity index (χ1) is 7.97. The number of hydrogen-bond donors (Lipinski definition) is 1. The highest BCUT2D eigenvalue weighted by molar-refractivity contribution is 9.10. The van der Waals surface area contributed by atoms with Crippen molar-refractivity contribution in [2.24, 2.45) is 5.92 Å². The molecule has 0 aliphatic carbocycles. The number of anilines is 1. The Hall–Kier alpha value is -1.37. The van der Waals surface area contributed by atoms with Crippen LogP contribution in [0.3, 0.4) is 0 Å². The monoisotopic (exact) mass is 303 g/mol. The van der Waals surface area contributed by atoms with Gasteiger partial charge in [-0.2, -0.15) is 0 Å². The number of esters is 1. The summed E-state index contributed by atoms with van der Waals surface area (Å²) < 4.78 is 4.98. The zero-order valence-electron chi connectivity index (χ0n) is 9.86. The molecule has 0 fully saturated rings. The first-order valence-electron chi connectivity index (χ1n) is 4.99. The van der Waals surface area contributed by atoms with Gasteiger partial charge in [0, 0.05) is 13.6 Å². The quantitative estimate of drug-likeness (QED) is 0.832. The van der Waals surface area contributed by atoms with Crippen molar-refractivity contribution in [3.05, 3.63) is 21.2 Å². The summed E-state index contributed by atoms with van der Waals surface area (Å²) in [5.41, 5.74) is -0.257. The smallest absolute Gasteiger partial charge is 0.310 e. The molecular formula is C10H14BrN3O3. The van der Waals surface area contributed by atoms with Crippen LogP contribution < -0.4 is 10.5 Å². The lowest BCUT2D eigenvalue weighted by atomic mass is 10.2. The van der Waals surface area contributed by atoms with Gasteiger partial charge in [-0.3, -0.25) is 9.59 Å². The van der Waals surface area contributed by atoms with Gasteiger partial charge in [0.2, 0.25) is 0 Å². The molecule has 0 spiro atoms. The third-order valence-corrected chi connectivity index (χ3v) is 3.01. The molecule has 94 valence electrons. The second kappa shape index (κ2) is 5.81. The van der Waals surface area contributed by atoms with E-state index in [0.29, 0.717) is 16.8 Å². The van der Waals surface area contributed by atoms with E-state index < -0.39 is 0 Å². The molecule has 1 N–H and O–H groups in total. The van der Waals surface area contributed by atoms with Crippen LogP contribution in [-0.2, 0) is 9.53 Å². The van der Waals surface area contributed by atoms with Gasteiger partial charge in [0.15, 0.2) is 0 Å². The van der Waals surface area contributed by atoms with Crippen LogP contribution in [0, 0.1) is 5.92 Å². The second-order valence-corrected chi connectivity index (χ2v) is 4.47. The van der Waals surface area contributed by atoms with Crippen molar-refractivity contribution in [2.45, 2.75) is 6.92 Å². The topological polar surface area (TPSA) is 75.3 Å². The maximum absolute atomic E-state index is 11.4. The summed E-state index contributed by atoms with van der Waals surface area (Å²) in [5, 5.41) is 0. The van der Waals surface area contributed by atoms with Crippen molar-refractivity contribution in [2.75, 3.05) is 25.6 Å². The van der Waals surface area contributed by atoms with E-state index in [4.69, 9.17) is 0 Å². The number of H-pyrrole nitrogens is 1. The lowest BCUT2D eigenvalue weighted by Gasteiger charge is -2.21. The van der Waals surface area contributed by atoms with Crippen LogP contribution in [0.4, 0.5) is 5.82 Å². The number of methoxy groups -OCH3 is 1. The molecule has 1 unspecified atom stereocenters. The number of halogens is 1. The van der Waals surface area contributed by atoms with Gasteiger partial charge < -0.3 is 14.6 Å². The fourth-order valence-corrected chi connectivity index (χ4v) is 1.93. The van der Waals surface area contributed by atoms with E-state index in [1.54, 1.807) is 18.9 Å². The predicted octanol–water partition coefficient (Wildman–Crippen LogP) is 0.778. The molecule has 17 heavy (non-hydrogen) atoms. The first kappa shape index (κ1) is 13.7. The molecular weight excluding hydrogens is 290 g/mol. The van der Waals surface area contributed by atoms with Crippen LogP contribution >= 0.6 is 15.9 Å². The van der Waals surface area contributed by atoms with Gasteiger partial charge in [-0.25, -0.2) is 4.98 Å². The minimum absolute atomic E-state index is 0.257. The Morgan fingerprint density at radius 2 is 2.35 bits per heavy atom. The van der Waals surface area contributed by atoms with Crippen molar-refractivity contribution >= 4 is 27.7 Å². The Balaban J connectivity index is 2.83. The summed E-state index contributed by atoms with van der Waals surface area (Å²) in [5.74, 6) is -0.0969. The normalized spacial score (nSPS) is 12.0. The standard InChI is InChI=1S/C10H14BrN3O3/c1-6(10(16)17-3)4-14(2)8-7(11)9(15)13-5-12-8/h5-6H,4H2,1-3H3,(H,12,13,15). The predicted molar refractivity (Wildman–Crippen MR) is 67.0 cm³/mol. The molecule has 0 saturated heterocycles. The van der Waals surface area contributed by atoms with Gasteiger partial charge in [0.05, 0.1) is 19.4 Å². The number of aromatic amines is 1. The Morgan fingerprint density at radius 3 is 2.94 bits per heavy atom. The van der Waals surface area contributed by atoms with Crippen LogP contribution in [0.1, 0.15) is 6.92 Å². The van der Waals surface area contributed by atoms with E-state index in [2.05, 4.69) is 30.6 Å². The lowest BCUT2D eigenvalue weighted by Crippen LogP contribution is -2.31. The molecule has 0 aromatic carbocycles. The van der Waals surface area contributed by atoms with Crippen LogP contribution in [0.15, 0.2) is 15.6 Å². The van der Waals surface area contributed by atoms with Crippen molar-refractivity contribution in [3.63, 3.8) is 0 Å². The van der Waals surface area contributed by atoms with E-state index in [0.717, 1.165) is 0 Å². The van der Waals surface area contributed by atoms with Crippen molar-refractivity contribution in [3.8, 4) is 0 Å². The number of hydrogen-bond acceptors (Lipinski definition) is 5. The van der Waals surface area contributed by atoms with E-state index >= 15 is 0 Å². The SMILES string of the molecule is COC(=O)C(C)CN(C)c1nc[nH]c(=O)c1Br. The lowest BCUT2D eigenvalue weighted by molar-refractivity contribution is -0.144. The summed E-state index contributed by atoms with van der Waals surface area (Å²) in [7, 11) is 3.10. The molecule has 7 heteroatoms. The van der Waals surface area contributed by atoms with Gasteiger partial charge in [-0.1, -0.05) is 6.92 Å². The molecule has 1 aromatic rings. The third kappa shape index (κ3) is 3.29. The Kier molecular flexibility index (Phi) is 4.68. The summed E-state index contributed by atoms with van der Waals surface area (Å²) in [4.78, 5) is 30.9. The Labute approximate surface area is 107 Å². The number of aromatic nitrogens is 2. The molecule has 0 bridgehead atoms. The van der Waals surface area contributed by atoms with E-state index in [1.165, 1.54) is 13.4 Å². The average molecular weight is 304 g/mol. The summed E-state index contributed by atoms with van der Waals surface area (Å²) in [6.45, 7) is 2.17. The maximum atomic E-state index is 11.4.